The Morgan fingerprint density at radius 3 is 2.77 bits per heavy atom. The number of hydrogen-bond donors (Lipinski definition) is 0. The van der Waals surface area contributed by atoms with Crippen molar-refractivity contribution < 1.29 is 4.79 Å². The van der Waals surface area contributed by atoms with Gasteiger partial charge in [0.05, 0.1) is 11.2 Å². The second-order valence-corrected chi connectivity index (χ2v) is 7.15. The van der Waals surface area contributed by atoms with E-state index in [-0.39, 0.29) is 11.9 Å². The monoisotopic (exact) mass is 366 g/mol. The number of fused-ring (bicyclic) bond motifs is 1. The number of hydrogen-bond acceptors (Lipinski definition) is 3. The van der Waals surface area contributed by atoms with Crippen molar-refractivity contribution in [3.63, 3.8) is 0 Å². The summed E-state index contributed by atoms with van der Waals surface area (Å²) in [5.74, 6) is -0.0849. The van der Waals surface area contributed by atoms with E-state index in [4.69, 9.17) is 11.6 Å². The summed E-state index contributed by atoms with van der Waals surface area (Å²) in [6.07, 6.45) is 6.16. The molecule has 5 nitrogen and oxygen atoms in total. The summed E-state index contributed by atoms with van der Waals surface area (Å²) in [7, 11) is 0. The van der Waals surface area contributed by atoms with Crippen LogP contribution >= 0.6 is 11.6 Å². The molecule has 3 aromatic rings. The minimum absolute atomic E-state index is 0.0849. The van der Waals surface area contributed by atoms with E-state index in [0.29, 0.717) is 22.9 Å². The molecule has 2 aromatic heterocycles. The lowest BCUT2D eigenvalue weighted by atomic mass is 9.94. The van der Waals surface area contributed by atoms with E-state index in [0.717, 1.165) is 6.42 Å². The molecule has 6 heteroatoms. The molecule has 1 atom stereocenters. The summed E-state index contributed by atoms with van der Waals surface area (Å²) in [5.41, 5.74) is 4.75. The highest BCUT2D eigenvalue weighted by Gasteiger charge is 2.27. The predicted octanol–water partition coefficient (Wildman–Crippen LogP) is 4.01. The van der Waals surface area contributed by atoms with Crippen molar-refractivity contribution in [2.45, 2.75) is 26.3 Å². The number of aromatic nitrogens is 3. The summed E-state index contributed by atoms with van der Waals surface area (Å²) >= 11 is 5.94. The van der Waals surface area contributed by atoms with Crippen LogP contribution in [0.2, 0.25) is 5.02 Å². The van der Waals surface area contributed by atoms with Crippen molar-refractivity contribution in [1.82, 2.24) is 19.5 Å². The quantitative estimate of drug-likeness (QED) is 0.688. The van der Waals surface area contributed by atoms with Crippen molar-refractivity contribution in [3.8, 4) is 0 Å². The molecule has 0 radical (unpaired) electrons. The van der Waals surface area contributed by atoms with E-state index < -0.39 is 0 Å². The maximum atomic E-state index is 12.9. The van der Waals surface area contributed by atoms with Crippen molar-refractivity contribution in [1.29, 1.82) is 0 Å². The highest BCUT2D eigenvalue weighted by atomic mass is 35.5. The Kier molecular flexibility index (Phi) is 4.24. The smallest absolute Gasteiger partial charge is 0.274 e. The first-order valence-electron chi connectivity index (χ1n) is 8.59. The Bertz CT molecular complexity index is 1010. The highest BCUT2D eigenvalue weighted by Crippen LogP contribution is 2.27. The zero-order valence-electron chi connectivity index (χ0n) is 14.7. The molecule has 0 fully saturated rings. The van der Waals surface area contributed by atoms with Gasteiger partial charge in [-0.2, -0.15) is 5.10 Å². The first kappa shape index (κ1) is 16.8. The Hall–Kier alpha value is -2.66. The average Bonchev–Trinajstić information content (AvgIpc) is 3.05. The number of halogens is 1. The van der Waals surface area contributed by atoms with Gasteiger partial charge >= 0.3 is 0 Å². The van der Waals surface area contributed by atoms with E-state index in [1.165, 1.54) is 21.2 Å². The molecule has 0 saturated carbocycles. The molecule has 1 aromatic carbocycles. The van der Waals surface area contributed by atoms with Crippen molar-refractivity contribution in [2.24, 2.45) is 0 Å². The first-order valence-corrected chi connectivity index (χ1v) is 8.97. The summed E-state index contributed by atoms with van der Waals surface area (Å²) < 4.78 is 1.54. The Balaban J connectivity index is 1.57. The molecule has 26 heavy (non-hydrogen) atoms. The van der Waals surface area contributed by atoms with Gasteiger partial charge in [0.2, 0.25) is 0 Å². The zero-order chi connectivity index (χ0) is 18.3. The number of amides is 1. The van der Waals surface area contributed by atoms with Gasteiger partial charge in [0, 0.05) is 24.8 Å². The van der Waals surface area contributed by atoms with Crippen LogP contribution in [0.3, 0.4) is 0 Å². The third-order valence-electron chi connectivity index (χ3n) is 4.77. The van der Waals surface area contributed by atoms with Crippen LogP contribution in [0.5, 0.6) is 0 Å². The Morgan fingerprint density at radius 2 is 2.04 bits per heavy atom. The lowest BCUT2D eigenvalue weighted by Gasteiger charge is -2.32. The molecule has 1 aliphatic rings. The van der Waals surface area contributed by atoms with Gasteiger partial charge in [-0.1, -0.05) is 47.5 Å². The van der Waals surface area contributed by atoms with Gasteiger partial charge < -0.3 is 4.90 Å². The summed E-state index contributed by atoms with van der Waals surface area (Å²) in [6.45, 7) is 4.73. The van der Waals surface area contributed by atoms with Crippen LogP contribution in [0.1, 0.15) is 35.0 Å². The van der Waals surface area contributed by atoms with Crippen molar-refractivity contribution >= 4 is 28.7 Å². The minimum atomic E-state index is -0.0849. The topological polar surface area (TPSA) is 50.5 Å². The molecule has 0 N–H and O–H groups in total. The van der Waals surface area contributed by atoms with E-state index in [9.17, 15) is 4.79 Å². The maximum absolute atomic E-state index is 12.9. The molecule has 1 amide bonds. The van der Waals surface area contributed by atoms with Crippen LogP contribution < -0.4 is 0 Å². The largest absolute Gasteiger partial charge is 0.330 e. The molecule has 0 bridgehead atoms. The molecule has 132 valence electrons. The molecule has 4 rings (SSSR count). The van der Waals surface area contributed by atoms with Crippen LogP contribution in [-0.2, 0) is 0 Å². The Morgan fingerprint density at radius 1 is 1.27 bits per heavy atom. The van der Waals surface area contributed by atoms with Crippen LogP contribution in [0.15, 0.2) is 48.8 Å². The molecule has 1 unspecified atom stereocenters. The third-order valence-corrected chi connectivity index (χ3v) is 4.96. The lowest BCUT2D eigenvalue weighted by Crippen LogP contribution is -2.41. The average molecular weight is 367 g/mol. The highest BCUT2D eigenvalue weighted by molar-refractivity contribution is 6.30. The van der Waals surface area contributed by atoms with Crippen molar-refractivity contribution in [2.75, 3.05) is 6.54 Å². The predicted molar refractivity (Wildman–Crippen MR) is 102 cm³/mol. The fraction of sp³-hybridized carbons (Fsp3) is 0.250. The summed E-state index contributed by atoms with van der Waals surface area (Å²) in [4.78, 5) is 19.0. The number of benzene rings is 1. The SMILES string of the molecule is Cc1ccc(C2=CCN(C(=O)c3cc4ncc(Cl)cn4n3)C(C)C2)cc1. The van der Waals surface area contributed by atoms with Gasteiger partial charge in [0.15, 0.2) is 11.3 Å². The van der Waals surface area contributed by atoms with E-state index >= 15 is 0 Å². The van der Waals surface area contributed by atoms with Gasteiger partial charge in [-0.05, 0) is 31.4 Å². The van der Waals surface area contributed by atoms with Gasteiger partial charge in [-0.15, -0.1) is 0 Å². The standard InChI is InChI=1S/C20H19ClN4O/c1-13-3-5-15(6-4-13)16-7-8-24(14(2)9-16)20(26)18-10-19-22-11-17(21)12-25(19)23-18/h3-7,10-12,14H,8-9H2,1-2H3. The second kappa shape index (κ2) is 6.57. The fourth-order valence-electron chi connectivity index (χ4n) is 3.29. The Labute approximate surface area is 156 Å². The number of nitrogens with zero attached hydrogens (tertiary/aromatic N) is 4. The number of carbonyl (C=O) groups excluding carboxylic acids is 1. The molecular weight excluding hydrogens is 348 g/mol. The number of carbonyl (C=O) groups is 1. The normalized spacial score (nSPS) is 17.4. The minimum Gasteiger partial charge on any atom is -0.330 e. The third kappa shape index (κ3) is 3.10. The van der Waals surface area contributed by atoms with Gasteiger partial charge in [0.25, 0.3) is 5.91 Å². The number of aryl methyl sites for hydroxylation is 1. The zero-order valence-corrected chi connectivity index (χ0v) is 15.4. The molecule has 3 heterocycles. The fourth-order valence-corrected chi connectivity index (χ4v) is 3.43. The second-order valence-electron chi connectivity index (χ2n) is 6.71. The molecule has 0 spiro atoms. The molecule has 0 aliphatic carbocycles. The van der Waals surface area contributed by atoms with Crippen molar-refractivity contribution in [3.05, 3.63) is 70.6 Å². The van der Waals surface area contributed by atoms with Gasteiger partial charge in [-0.25, -0.2) is 9.50 Å². The summed E-state index contributed by atoms with van der Waals surface area (Å²) in [6, 6.07) is 10.3. The van der Waals surface area contributed by atoms with Crippen LogP contribution in [-0.4, -0.2) is 38.0 Å². The van der Waals surface area contributed by atoms with E-state index in [1.54, 1.807) is 18.5 Å². The van der Waals surface area contributed by atoms with Gasteiger partial charge in [0.1, 0.15) is 0 Å². The lowest BCUT2D eigenvalue weighted by molar-refractivity contribution is 0.0705. The van der Waals surface area contributed by atoms with Crippen LogP contribution in [0.4, 0.5) is 0 Å². The number of rotatable bonds is 2. The van der Waals surface area contributed by atoms with E-state index in [2.05, 4.69) is 54.3 Å². The van der Waals surface area contributed by atoms with Crippen LogP contribution in [0.25, 0.3) is 11.2 Å². The van der Waals surface area contributed by atoms with Crippen LogP contribution in [0, 0.1) is 6.92 Å². The molecule has 0 saturated heterocycles. The van der Waals surface area contributed by atoms with Gasteiger partial charge in [-0.3, -0.25) is 4.79 Å². The molecular formula is C20H19ClN4O. The maximum Gasteiger partial charge on any atom is 0.274 e. The summed E-state index contributed by atoms with van der Waals surface area (Å²) in [5, 5.41) is 4.81. The first-order chi connectivity index (χ1) is 12.5. The molecule has 1 aliphatic heterocycles. The van der Waals surface area contributed by atoms with E-state index in [1.807, 2.05) is 4.90 Å².